The molecular weight excluding hydrogens is 190 g/mol. The lowest BCUT2D eigenvalue weighted by atomic mass is 9.82. The minimum Gasteiger partial charge on any atom is -0.481 e. The predicted octanol–water partition coefficient (Wildman–Crippen LogP) is 1.37. The highest BCUT2D eigenvalue weighted by atomic mass is 35.5. The molecule has 0 aromatic rings. The first kappa shape index (κ1) is 10.8. The molecule has 0 aliphatic carbocycles. The van der Waals surface area contributed by atoms with E-state index in [0.29, 0.717) is 12.5 Å². The van der Waals surface area contributed by atoms with E-state index in [0.717, 1.165) is 25.4 Å². The molecule has 0 radical (unpaired) electrons. The summed E-state index contributed by atoms with van der Waals surface area (Å²) >= 11 is 0. The van der Waals surface area contributed by atoms with Gasteiger partial charge in [-0.1, -0.05) is 0 Å². The van der Waals surface area contributed by atoms with Crippen LogP contribution in [-0.2, 0) is 4.79 Å². The van der Waals surface area contributed by atoms with Gasteiger partial charge in [-0.3, -0.25) is 9.69 Å². The van der Waals surface area contributed by atoms with Gasteiger partial charge in [-0.2, -0.15) is 0 Å². The van der Waals surface area contributed by atoms with Crippen molar-refractivity contribution in [2.75, 3.05) is 13.1 Å². The standard InChI is InChI=1S/C9H15NO2.ClH/c11-9(12)6-8-5-7-1-3-10(8)4-2-7;/h7-8H,1-6H2,(H,11,12);1H. The SMILES string of the molecule is Cl.O=C(O)CC1CC2CCN1CC2. The van der Waals surface area contributed by atoms with Gasteiger partial charge >= 0.3 is 5.97 Å². The summed E-state index contributed by atoms with van der Waals surface area (Å²) < 4.78 is 0. The second-order valence-electron chi connectivity index (χ2n) is 3.97. The molecule has 3 aliphatic heterocycles. The summed E-state index contributed by atoms with van der Waals surface area (Å²) in [4.78, 5) is 12.9. The van der Waals surface area contributed by atoms with Crippen LogP contribution in [0.5, 0.6) is 0 Å². The van der Waals surface area contributed by atoms with Crippen molar-refractivity contribution in [3.63, 3.8) is 0 Å². The van der Waals surface area contributed by atoms with Crippen LogP contribution in [0.3, 0.4) is 0 Å². The van der Waals surface area contributed by atoms with Gasteiger partial charge in [-0.25, -0.2) is 0 Å². The van der Waals surface area contributed by atoms with Crippen LogP contribution in [0, 0.1) is 5.92 Å². The van der Waals surface area contributed by atoms with Gasteiger partial charge in [-0.05, 0) is 38.3 Å². The number of aliphatic carboxylic acids is 1. The average Bonchev–Trinajstić information content (AvgIpc) is 2.05. The first-order valence-corrected chi connectivity index (χ1v) is 4.71. The zero-order valence-corrected chi connectivity index (χ0v) is 8.42. The van der Waals surface area contributed by atoms with E-state index in [-0.39, 0.29) is 12.4 Å². The molecule has 1 atom stereocenters. The van der Waals surface area contributed by atoms with Gasteiger partial charge in [0.2, 0.25) is 0 Å². The van der Waals surface area contributed by atoms with E-state index in [2.05, 4.69) is 4.90 Å². The lowest BCUT2D eigenvalue weighted by molar-refractivity contribution is -0.139. The summed E-state index contributed by atoms with van der Waals surface area (Å²) in [6.45, 7) is 2.26. The molecule has 3 saturated heterocycles. The first-order valence-electron chi connectivity index (χ1n) is 4.71. The van der Waals surface area contributed by atoms with E-state index >= 15 is 0 Å². The highest BCUT2D eigenvalue weighted by Crippen LogP contribution is 2.32. The molecule has 1 unspecified atom stereocenters. The third-order valence-corrected chi connectivity index (χ3v) is 3.18. The summed E-state index contributed by atoms with van der Waals surface area (Å²) in [6, 6.07) is 0.343. The molecule has 2 bridgehead atoms. The lowest BCUT2D eigenvalue weighted by Crippen LogP contribution is -2.49. The minimum absolute atomic E-state index is 0. The fourth-order valence-corrected chi connectivity index (χ4v) is 2.50. The Morgan fingerprint density at radius 2 is 2.00 bits per heavy atom. The summed E-state index contributed by atoms with van der Waals surface area (Å²) in [6.07, 6.45) is 4.04. The molecule has 0 saturated carbocycles. The van der Waals surface area contributed by atoms with Crippen LogP contribution in [0.2, 0.25) is 0 Å². The smallest absolute Gasteiger partial charge is 0.304 e. The van der Waals surface area contributed by atoms with Crippen LogP contribution in [0.4, 0.5) is 0 Å². The molecule has 3 rings (SSSR count). The Morgan fingerprint density at radius 3 is 2.38 bits per heavy atom. The molecule has 3 fully saturated rings. The molecule has 1 N–H and O–H groups in total. The summed E-state index contributed by atoms with van der Waals surface area (Å²) in [7, 11) is 0. The normalized spacial score (nSPS) is 36.8. The third-order valence-electron chi connectivity index (χ3n) is 3.18. The summed E-state index contributed by atoms with van der Waals surface area (Å²) in [5.41, 5.74) is 0. The number of carboxylic acid groups (broad SMARTS) is 1. The van der Waals surface area contributed by atoms with Crippen LogP contribution in [0.25, 0.3) is 0 Å². The van der Waals surface area contributed by atoms with Gasteiger partial charge in [0, 0.05) is 6.04 Å². The maximum absolute atomic E-state index is 10.5. The van der Waals surface area contributed by atoms with Crippen LogP contribution < -0.4 is 0 Å². The zero-order valence-electron chi connectivity index (χ0n) is 7.61. The predicted molar refractivity (Wildman–Crippen MR) is 52.2 cm³/mol. The van der Waals surface area contributed by atoms with E-state index in [1.165, 1.54) is 12.8 Å². The van der Waals surface area contributed by atoms with Gasteiger partial charge in [0.15, 0.2) is 0 Å². The van der Waals surface area contributed by atoms with Gasteiger partial charge in [0.05, 0.1) is 6.42 Å². The Kier molecular flexibility index (Phi) is 3.56. The number of nitrogens with zero attached hydrogens (tertiary/aromatic N) is 1. The van der Waals surface area contributed by atoms with E-state index < -0.39 is 5.97 Å². The van der Waals surface area contributed by atoms with Gasteiger partial charge < -0.3 is 5.11 Å². The molecule has 4 heteroatoms. The summed E-state index contributed by atoms with van der Waals surface area (Å²) in [5.74, 6) is 0.173. The van der Waals surface area contributed by atoms with Crippen molar-refractivity contribution >= 4 is 18.4 Å². The van der Waals surface area contributed by atoms with E-state index in [1.54, 1.807) is 0 Å². The van der Waals surface area contributed by atoms with E-state index in [9.17, 15) is 4.79 Å². The molecule has 13 heavy (non-hydrogen) atoms. The van der Waals surface area contributed by atoms with Gasteiger partial charge in [0.25, 0.3) is 0 Å². The molecule has 0 amide bonds. The van der Waals surface area contributed by atoms with Crippen molar-refractivity contribution in [2.24, 2.45) is 5.92 Å². The molecule has 0 aromatic heterocycles. The maximum atomic E-state index is 10.5. The van der Waals surface area contributed by atoms with E-state index in [4.69, 9.17) is 5.11 Å². The molecule has 3 nitrogen and oxygen atoms in total. The third kappa shape index (κ3) is 2.35. The zero-order chi connectivity index (χ0) is 8.55. The Labute approximate surface area is 84.5 Å². The molecule has 0 aromatic carbocycles. The van der Waals surface area contributed by atoms with Crippen LogP contribution in [0.1, 0.15) is 25.7 Å². The molecule has 3 aliphatic rings. The highest BCUT2D eigenvalue weighted by molar-refractivity contribution is 5.85. The molecular formula is C9H16ClNO2. The van der Waals surface area contributed by atoms with Crippen molar-refractivity contribution < 1.29 is 9.90 Å². The number of halogens is 1. The number of carboxylic acids is 1. The molecule has 0 spiro atoms. The first-order chi connectivity index (χ1) is 5.75. The average molecular weight is 206 g/mol. The number of hydrogen-bond donors (Lipinski definition) is 1. The topological polar surface area (TPSA) is 40.5 Å². The second-order valence-corrected chi connectivity index (χ2v) is 3.97. The highest BCUT2D eigenvalue weighted by Gasteiger charge is 2.34. The molecule has 3 heterocycles. The Balaban J connectivity index is 0.000000845. The van der Waals surface area contributed by atoms with Crippen molar-refractivity contribution in [2.45, 2.75) is 31.7 Å². The fraction of sp³-hybridized carbons (Fsp3) is 0.889. The van der Waals surface area contributed by atoms with Gasteiger partial charge in [-0.15, -0.1) is 12.4 Å². The Morgan fingerprint density at radius 1 is 1.38 bits per heavy atom. The maximum Gasteiger partial charge on any atom is 0.304 e. The van der Waals surface area contributed by atoms with Crippen LogP contribution in [-0.4, -0.2) is 35.1 Å². The second kappa shape index (κ2) is 4.29. The summed E-state index contributed by atoms with van der Waals surface area (Å²) in [5, 5.41) is 8.67. The van der Waals surface area contributed by atoms with Gasteiger partial charge in [0.1, 0.15) is 0 Å². The Bertz CT molecular complexity index is 190. The molecule has 76 valence electrons. The number of hydrogen-bond acceptors (Lipinski definition) is 2. The van der Waals surface area contributed by atoms with Crippen molar-refractivity contribution in [3.05, 3.63) is 0 Å². The quantitative estimate of drug-likeness (QED) is 0.740. The van der Waals surface area contributed by atoms with Crippen molar-refractivity contribution in [1.29, 1.82) is 0 Å². The van der Waals surface area contributed by atoms with Crippen molar-refractivity contribution in [1.82, 2.24) is 4.90 Å². The van der Waals surface area contributed by atoms with Crippen molar-refractivity contribution in [3.8, 4) is 0 Å². The fourth-order valence-electron chi connectivity index (χ4n) is 2.50. The monoisotopic (exact) mass is 205 g/mol. The van der Waals surface area contributed by atoms with E-state index in [1.807, 2.05) is 0 Å². The number of carbonyl (C=O) groups is 1. The number of piperidine rings is 3. The van der Waals surface area contributed by atoms with Crippen LogP contribution in [0.15, 0.2) is 0 Å². The Hall–Kier alpha value is -0.280. The number of rotatable bonds is 2. The lowest BCUT2D eigenvalue weighted by Gasteiger charge is -2.44. The largest absolute Gasteiger partial charge is 0.481 e. The minimum atomic E-state index is -0.646. The van der Waals surface area contributed by atoms with Crippen LogP contribution >= 0.6 is 12.4 Å². The number of fused-ring (bicyclic) bond motifs is 3.